The number of nitrogens with one attached hydrogen (secondary N) is 1. The summed E-state index contributed by atoms with van der Waals surface area (Å²) in [6, 6.07) is 2.13. The zero-order valence-electron chi connectivity index (χ0n) is 12.9. The van der Waals surface area contributed by atoms with E-state index in [0.717, 1.165) is 22.6 Å². The fourth-order valence-corrected chi connectivity index (χ4v) is 3.23. The number of benzene rings is 1. The molecule has 0 fully saturated rings. The third-order valence-electron chi connectivity index (χ3n) is 4.63. The molecule has 2 aliphatic rings. The van der Waals surface area contributed by atoms with E-state index in [0.29, 0.717) is 18.9 Å². The van der Waals surface area contributed by atoms with Crippen LogP contribution in [0.4, 0.5) is 5.69 Å². The second-order valence-corrected chi connectivity index (χ2v) is 6.66. The normalized spacial score (nSPS) is 25.3. The summed E-state index contributed by atoms with van der Waals surface area (Å²) in [5, 5.41) is 3.05. The molecule has 0 saturated heterocycles. The summed E-state index contributed by atoms with van der Waals surface area (Å²) >= 11 is 0. The highest BCUT2D eigenvalue weighted by Gasteiger charge is 2.40. The van der Waals surface area contributed by atoms with Crippen molar-refractivity contribution in [3.05, 3.63) is 22.8 Å². The van der Waals surface area contributed by atoms with E-state index in [2.05, 4.69) is 18.3 Å². The number of carbonyl (C=O) groups excluding carboxylic acids is 1. The highest BCUT2D eigenvalue weighted by Crippen LogP contribution is 2.48. The second-order valence-electron chi connectivity index (χ2n) is 6.66. The van der Waals surface area contributed by atoms with E-state index in [1.165, 1.54) is 5.56 Å². The van der Waals surface area contributed by atoms with Crippen molar-refractivity contribution < 1.29 is 9.53 Å². The van der Waals surface area contributed by atoms with Gasteiger partial charge in [0.15, 0.2) is 0 Å². The minimum absolute atomic E-state index is 0. The zero-order chi connectivity index (χ0) is 14.7. The predicted octanol–water partition coefficient (Wildman–Crippen LogP) is 2.76. The predicted molar refractivity (Wildman–Crippen MR) is 86.4 cm³/mol. The Morgan fingerprint density at radius 2 is 2.14 bits per heavy atom. The van der Waals surface area contributed by atoms with Crippen molar-refractivity contribution in [3.8, 4) is 5.75 Å². The lowest BCUT2D eigenvalue weighted by molar-refractivity contribution is -0.124. The summed E-state index contributed by atoms with van der Waals surface area (Å²) in [5.41, 5.74) is 9.79. The highest BCUT2D eigenvalue weighted by molar-refractivity contribution is 5.99. The summed E-state index contributed by atoms with van der Waals surface area (Å²) in [6.45, 7) is 8.65. The number of anilines is 1. The Morgan fingerprint density at radius 3 is 2.76 bits per heavy atom. The highest BCUT2D eigenvalue weighted by atomic mass is 35.5. The smallest absolute Gasteiger partial charge is 0.230 e. The molecule has 1 aromatic rings. The van der Waals surface area contributed by atoms with Gasteiger partial charge in [-0.1, -0.05) is 20.8 Å². The van der Waals surface area contributed by atoms with Crippen LogP contribution >= 0.6 is 12.4 Å². The van der Waals surface area contributed by atoms with E-state index >= 15 is 0 Å². The summed E-state index contributed by atoms with van der Waals surface area (Å²) in [4.78, 5) is 12.1. The molecular formula is C16H23ClN2O2. The molecule has 0 aromatic heterocycles. The van der Waals surface area contributed by atoms with Gasteiger partial charge in [0, 0.05) is 29.0 Å². The quantitative estimate of drug-likeness (QED) is 0.838. The van der Waals surface area contributed by atoms with Crippen LogP contribution < -0.4 is 15.8 Å². The number of nitrogens with two attached hydrogens (primary N) is 1. The van der Waals surface area contributed by atoms with Crippen LogP contribution in [0.25, 0.3) is 0 Å². The van der Waals surface area contributed by atoms with Gasteiger partial charge in [0.05, 0.1) is 5.69 Å². The minimum atomic E-state index is -0.401. The van der Waals surface area contributed by atoms with Gasteiger partial charge < -0.3 is 15.8 Å². The molecule has 2 atom stereocenters. The Hall–Kier alpha value is -1.26. The maximum absolute atomic E-state index is 12.1. The van der Waals surface area contributed by atoms with Gasteiger partial charge >= 0.3 is 0 Å². The standard InChI is InChI=1S/C16H22N2O2.ClH/c1-8-5-10-9(2)12(7-17)20-14(10)11-6-16(3,4)15(19)18-13(8)11;/h5,9,12H,6-7,17H2,1-4H3,(H,18,19);1H/t9-,12+;/m0./s1. The van der Waals surface area contributed by atoms with Gasteiger partial charge in [-0.25, -0.2) is 0 Å². The average Bonchev–Trinajstić information content (AvgIpc) is 2.69. The van der Waals surface area contributed by atoms with Crippen LogP contribution in [0.15, 0.2) is 6.07 Å². The van der Waals surface area contributed by atoms with Crippen LogP contribution in [0.3, 0.4) is 0 Å². The topological polar surface area (TPSA) is 64.3 Å². The Labute approximate surface area is 131 Å². The van der Waals surface area contributed by atoms with Crippen LogP contribution in [0, 0.1) is 12.3 Å². The van der Waals surface area contributed by atoms with Gasteiger partial charge in [0.1, 0.15) is 11.9 Å². The number of rotatable bonds is 1. The fourth-order valence-electron chi connectivity index (χ4n) is 3.23. The molecule has 0 bridgehead atoms. The van der Waals surface area contributed by atoms with E-state index in [1.807, 2.05) is 20.8 Å². The molecule has 0 saturated carbocycles. The molecule has 2 aliphatic heterocycles. The average molecular weight is 311 g/mol. The number of halogens is 1. The van der Waals surface area contributed by atoms with Crippen LogP contribution in [0.1, 0.15) is 43.4 Å². The molecule has 116 valence electrons. The first kappa shape index (κ1) is 16.1. The molecule has 1 aromatic carbocycles. The van der Waals surface area contributed by atoms with E-state index in [4.69, 9.17) is 10.5 Å². The molecule has 3 rings (SSSR count). The Morgan fingerprint density at radius 1 is 1.48 bits per heavy atom. The number of fused-ring (bicyclic) bond motifs is 3. The first-order valence-electron chi connectivity index (χ1n) is 7.19. The Balaban J connectivity index is 0.00000161. The van der Waals surface area contributed by atoms with Crippen LogP contribution in [-0.4, -0.2) is 18.6 Å². The molecule has 2 heterocycles. The lowest BCUT2D eigenvalue weighted by Gasteiger charge is -2.32. The molecule has 21 heavy (non-hydrogen) atoms. The van der Waals surface area contributed by atoms with Gasteiger partial charge in [-0.15, -0.1) is 12.4 Å². The molecule has 5 heteroatoms. The fraction of sp³-hybridized carbons (Fsp3) is 0.562. The first-order chi connectivity index (χ1) is 9.35. The lowest BCUT2D eigenvalue weighted by atomic mass is 9.79. The molecule has 1 amide bonds. The Bertz CT molecular complexity index is 598. The van der Waals surface area contributed by atoms with Gasteiger partial charge in [-0.3, -0.25) is 4.79 Å². The van der Waals surface area contributed by atoms with Crippen molar-refractivity contribution in [3.63, 3.8) is 0 Å². The largest absolute Gasteiger partial charge is 0.488 e. The third kappa shape index (κ3) is 2.30. The number of hydrogen-bond donors (Lipinski definition) is 2. The molecule has 3 N–H and O–H groups in total. The van der Waals surface area contributed by atoms with Crippen LogP contribution in [0.2, 0.25) is 0 Å². The van der Waals surface area contributed by atoms with E-state index < -0.39 is 5.41 Å². The molecule has 0 spiro atoms. The van der Waals surface area contributed by atoms with E-state index in [1.54, 1.807) is 0 Å². The monoisotopic (exact) mass is 310 g/mol. The molecule has 0 radical (unpaired) electrons. The van der Waals surface area contributed by atoms with Gasteiger partial charge in [0.2, 0.25) is 5.91 Å². The molecule has 0 aliphatic carbocycles. The van der Waals surface area contributed by atoms with Crippen molar-refractivity contribution in [2.75, 3.05) is 11.9 Å². The van der Waals surface area contributed by atoms with Crippen LogP contribution in [-0.2, 0) is 11.2 Å². The maximum atomic E-state index is 12.1. The lowest BCUT2D eigenvalue weighted by Crippen LogP contribution is -2.37. The zero-order valence-corrected chi connectivity index (χ0v) is 13.8. The molecular weight excluding hydrogens is 288 g/mol. The Kier molecular flexibility index (Phi) is 3.98. The van der Waals surface area contributed by atoms with Gasteiger partial charge in [0.25, 0.3) is 0 Å². The van der Waals surface area contributed by atoms with Crippen LogP contribution in [0.5, 0.6) is 5.75 Å². The first-order valence-corrected chi connectivity index (χ1v) is 7.19. The van der Waals surface area contributed by atoms with Crippen molar-refractivity contribution in [2.24, 2.45) is 11.1 Å². The van der Waals surface area contributed by atoms with Crippen molar-refractivity contribution >= 4 is 24.0 Å². The van der Waals surface area contributed by atoms with E-state index in [9.17, 15) is 4.79 Å². The summed E-state index contributed by atoms with van der Waals surface area (Å²) < 4.78 is 6.07. The van der Waals surface area contributed by atoms with Gasteiger partial charge in [-0.05, 0) is 25.0 Å². The van der Waals surface area contributed by atoms with Crippen molar-refractivity contribution in [1.29, 1.82) is 0 Å². The number of hydrogen-bond acceptors (Lipinski definition) is 3. The van der Waals surface area contributed by atoms with Crippen molar-refractivity contribution in [1.82, 2.24) is 0 Å². The maximum Gasteiger partial charge on any atom is 0.230 e. The van der Waals surface area contributed by atoms with Crippen molar-refractivity contribution in [2.45, 2.75) is 46.1 Å². The summed E-state index contributed by atoms with van der Waals surface area (Å²) in [6.07, 6.45) is 0.749. The van der Waals surface area contributed by atoms with Gasteiger partial charge in [-0.2, -0.15) is 0 Å². The molecule has 0 unspecified atom stereocenters. The number of carbonyl (C=O) groups is 1. The molecule has 4 nitrogen and oxygen atoms in total. The second kappa shape index (κ2) is 5.18. The summed E-state index contributed by atoms with van der Waals surface area (Å²) in [7, 11) is 0. The minimum Gasteiger partial charge on any atom is -0.488 e. The number of ether oxygens (including phenoxy) is 1. The number of aryl methyl sites for hydroxylation is 1. The third-order valence-corrected chi connectivity index (χ3v) is 4.63. The SMILES string of the molecule is Cc1cc2c(c3c1NC(=O)C(C)(C)C3)O[C@H](CN)[C@H]2C.Cl. The number of amides is 1. The van der Waals surface area contributed by atoms with E-state index in [-0.39, 0.29) is 24.4 Å². The summed E-state index contributed by atoms with van der Waals surface area (Å²) in [5.74, 6) is 1.33.